The Morgan fingerprint density at radius 1 is 1.00 bits per heavy atom. The molecule has 7 heteroatoms. The maximum Gasteiger partial charge on any atom is 0.303 e. The molecule has 4 aliphatic carbocycles. The number of hydrogen-bond donors (Lipinski definition) is 2. The quantitative estimate of drug-likeness (QED) is 0.634. The second-order valence-corrected chi connectivity index (χ2v) is 11.4. The molecule has 0 aromatic rings. The van der Waals surface area contributed by atoms with Crippen LogP contribution in [-0.4, -0.2) is 52.4 Å². The molecule has 180 valence electrons. The topological polar surface area (TPSA) is 110 Å². The van der Waals surface area contributed by atoms with Crippen LogP contribution >= 0.6 is 0 Å². The van der Waals surface area contributed by atoms with E-state index in [-0.39, 0.29) is 35.2 Å². The minimum atomic E-state index is -1.58. The van der Waals surface area contributed by atoms with Gasteiger partial charge in [-0.15, -0.1) is 0 Å². The van der Waals surface area contributed by atoms with Crippen LogP contribution in [0.5, 0.6) is 0 Å². The summed E-state index contributed by atoms with van der Waals surface area (Å²) in [6.45, 7) is 6.52. The lowest BCUT2D eigenvalue weighted by atomic mass is 9.43. The van der Waals surface area contributed by atoms with Gasteiger partial charge in [-0.05, 0) is 80.5 Å². The molecule has 0 radical (unpaired) electrons. The first kappa shape index (κ1) is 23.7. The molecular formula is C25H38O7. The van der Waals surface area contributed by atoms with Crippen LogP contribution in [0.3, 0.4) is 0 Å². The molecule has 7 nitrogen and oxygen atoms in total. The predicted molar refractivity (Wildman–Crippen MR) is 115 cm³/mol. The zero-order valence-electron chi connectivity index (χ0n) is 19.8. The Morgan fingerprint density at radius 2 is 1.72 bits per heavy atom. The van der Waals surface area contributed by atoms with Crippen molar-refractivity contribution in [1.29, 1.82) is 0 Å². The number of esters is 2. The van der Waals surface area contributed by atoms with Gasteiger partial charge in [-0.25, -0.2) is 0 Å². The highest BCUT2D eigenvalue weighted by molar-refractivity contribution is 5.91. The predicted octanol–water partition coefficient (Wildman–Crippen LogP) is 2.79. The number of Topliss-reactive ketones (excluding diaryl/α,β-unsaturated/α-hetero) is 1. The summed E-state index contributed by atoms with van der Waals surface area (Å²) in [6, 6.07) is 0. The summed E-state index contributed by atoms with van der Waals surface area (Å²) in [6.07, 6.45) is 5.34. The van der Waals surface area contributed by atoms with Crippen LogP contribution < -0.4 is 0 Å². The van der Waals surface area contributed by atoms with Crippen molar-refractivity contribution < 1.29 is 34.1 Å². The summed E-state index contributed by atoms with van der Waals surface area (Å²) in [4.78, 5) is 35.6. The second kappa shape index (κ2) is 8.08. The fraction of sp³-hybridized carbons (Fsp3) is 0.880. The number of carbonyl (C=O) groups is 3. The number of aliphatic hydroxyl groups excluding tert-OH is 1. The summed E-state index contributed by atoms with van der Waals surface area (Å²) < 4.78 is 10.4. The third kappa shape index (κ3) is 3.51. The van der Waals surface area contributed by atoms with E-state index in [1.165, 1.54) is 13.8 Å². The molecule has 32 heavy (non-hydrogen) atoms. The normalized spacial score (nSPS) is 47.6. The Bertz CT molecular complexity index is 795. The lowest BCUT2D eigenvalue weighted by Crippen LogP contribution is -2.63. The van der Waals surface area contributed by atoms with Crippen LogP contribution in [0.25, 0.3) is 0 Å². The van der Waals surface area contributed by atoms with Gasteiger partial charge in [-0.2, -0.15) is 0 Å². The largest absolute Gasteiger partial charge is 0.463 e. The monoisotopic (exact) mass is 450 g/mol. The smallest absolute Gasteiger partial charge is 0.303 e. The van der Waals surface area contributed by atoms with Gasteiger partial charge in [0.25, 0.3) is 0 Å². The molecule has 2 N–H and O–H groups in total. The van der Waals surface area contributed by atoms with Crippen LogP contribution in [0.1, 0.15) is 79.1 Å². The highest BCUT2D eigenvalue weighted by Gasteiger charge is 2.68. The minimum absolute atomic E-state index is 0.0383. The fourth-order valence-corrected chi connectivity index (χ4v) is 8.44. The molecule has 0 spiro atoms. The van der Waals surface area contributed by atoms with E-state index in [9.17, 15) is 24.6 Å². The number of rotatable bonds is 4. The van der Waals surface area contributed by atoms with E-state index < -0.39 is 35.5 Å². The molecule has 0 heterocycles. The number of hydrogen-bond acceptors (Lipinski definition) is 7. The lowest BCUT2D eigenvalue weighted by Gasteiger charge is -2.62. The van der Waals surface area contributed by atoms with Crippen molar-refractivity contribution in [3.05, 3.63) is 0 Å². The van der Waals surface area contributed by atoms with Gasteiger partial charge in [0.05, 0.1) is 6.10 Å². The SMILES string of the molecule is CC(=O)OCC(=O)[C@@]1(O)CC[C@@H]2[C@@H]3CC[C@H]4C[C@@H](OC(C)=O)CC[C@]4(C)[C@@H]3[C@@H](O)C[C@@]21C. The molecule has 0 aliphatic heterocycles. The number of aliphatic hydroxyl groups is 2. The average molecular weight is 451 g/mol. The third-order valence-electron chi connectivity index (χ3n) is 9.90. The van der Waals surface area contributed by atoms with Gasteiger partial charge >= 0.3 is 11.9 Å². The van der Waals surface area contributed by atoms with E-state index in [4.69, 9.17) is 9.47 Å². The van der Waals surface area contributed by atoms with Gasteiger partial charge in [0.2, 0.25) is 5.78 Å². The average Bonchev–Trinajstić information content (AvgIpc) is 2.97. The molecule has 4 rings (SSSR count). The summed E-state index contributed by atoms with van der Waals surface area (Å²) in [5.74, 6) is -0.331. The van der Waals surface area contributed by atoms with Crippen molar-refractivity contribution in [2.75, 3.05) is 6.61 Å². The van der Waals surface area contributed by atoms with Crippen molar-refractivity contribution in [2.45, 2.75) is 96.9 Å². The van der Waals surface area contributed by atoms with E-state index in [1.54, 1.807) is 0 Å². The number of ketones is 1. The Balaban J connectivity index is 1.57. The lowest BCUT2D eigenvalue weighted by molar-refractivity contribution is -0.205. The zero-order valence-corrected chi connectivity index (χ0v) is 19.8. The van der Waals surface area contributed by atoms with Gasteiger partial charge in [0, 0.05) is 19.3 Å². The molecule has 0 aromatic heterocycles. The summed E-state index contributed by atoms with van der Waals surface area (Å²) in [5, 5.41) is 23.0. The van der Waals surface area contributed by atoms with Crippen molar-refractivity contribution in [2.24, 2.45) is 34.5 Å². The van der Waals surface area contributed by atoms with Gasteiger partial charge in [0.1, 0.15) is 11.7 Å². The van der Waals surface area contributed by atoms with Crippen molar-refractivity contribution in [1.82, 2.24) is 0 Å². The first-order chi connectivity index (χ1) is 14.9. The van der Waals surface area contributed by atoms with Gasteiger partial charge in [-0.1, -0.05) is 13.8 Å². The number of carbonyl (C=O) groups excluding carboxylic acids is 3. The van der Waals surface area contributed by atoms with Crippen molar-refractivity contribution in [3.63, 3.8) is 0 Å². The zero-order chi connectivity index (χ0) is 23.5. The first-order valence-electron chi connectivity index (χ1n) is 12.2. The van der Waals surface area contributed by atoms with Crippen LogP contribution in [0, 0.1) is 34.5 Å². The molecule has 9 atom stereocenters. The number of fused-ring (bicyclic) bond motifs is 5. The second-order valence-electron chi connectivity index (χ2n) is 11.4. The first-order valence-corrected chi connectivity index (χ1v) is 12.2. The Hall–Kier alpha value is -1.47. The summed E-state index contributed by atoms with van der Waals surface area (Å²) >= 11 is 0. The highest BCUT2D eigenvalue weighted by Crippen LogP contribution is 2.68. The minimum Gasteiger partial charge on any atom is -0.463 e. The molecule has 0 saturated heterocycles. The molecule has 4 saturated carbocycles. The standard InChI is InChI=1S/C25H38O7/c1-14(26)31-13-21(29)25(30)10-8-19-18-6-5-16-11-17(32-15(2)27)7-9-23(16,3)22(18)20(28)12-24(19,25)4/h16-20,22,28,30H,5-13H2,1-4H3/t16-,17-,18-,19+,20-,22-,23-,24-,25-/m0/s1. The molecule has 0 amide bonds. The summed E-state index contributed by atoms with van der Waals surface area (Å²) in [7, 11) is 0. The van der Waals surface area contributed by atoms with Gasteiger partial charge in [-0.3, -0.25) is 14.4 Å². The van der Waals surface area contributed by atoms with Crippen LogP contribution in [0.15, 0.2) is 0 Å². The van der Waals surface area contributed by atoms with Gasteiger partial charge < -0.3 is 19.7 Å². The molecule has 0 unspecified atom stereocenters. The van der Waals surface area contributed by atoms with Crippen LogP contribution in [0.2, 0.25) is 0 Å². The number of ether oxygens (including phenoxy) is 2. The maximum absolute atomic E-state index is 13.0. The molecule has 4 aliphatic rings. The Labute approximate surface area is 190 Å². The van der Waals surface area contributed by atoms with E-state index in [1.807, 2.05) is 6.92 Å². The van der Waals surface area contributed by atoms with Crippen molar-refractivity contribution >= 4 is 17.7 Å². The molecule has 0 bridgehead atoms. The Morgan fingerprint density at radius 3 is 2.38 bits per heavy atom. The summed E-state index contributed by atoms with van der Waals surface area (Å²) in [5.41, 5.74) is -2.35. The molecule has 4 fully saturated rings. The van der Waals surface area contributed by atoms with E-state index in [0.29, 0.717) is 18.8 Å². The van der Waals surface area contributed by atoms with E-state index in [2.05, 4.69) is 6.92 Å². The maximum atomic E-state index is 13.0. The molecule has 0 aromatic carbocycles. The molecular weight excluding hydrogens is 412 g/mol. The van der Waals surface area contributed by atoms with E-state index >= 15 is 0 Å². The van der Waals surface area contributed by atoms with Crippen LogP contribution in [-0.2, 0) is 23.9 Å². The Kier molecular flexibility index (Phi) is 5.98. The van der Waals surface area contributed by atoms with Crippen molar-refractivity contribution in [3.8, 4) is 0 Å². The van der Waals surface area contributed by atoms with E-state index in [0.717, 1.165) is 38.5 Å². The fourth-order valence-electron chi connectivity index (χ4n) is 8.44. The van der Waals surface area contributed by atoms with Crippen LogP contribution in [0.4, 0.5) is 0 Å². The third-order valence-corrected chi connectivity index (χ3v) is 9.90. The van der Waals surface area contributed by atoms with Gasteiger partial charge in [0.15, 0.2) is 6.61 Å². The highest BCUT2D eigenvalue weighted by atomic mass is 16.5.